The monoisotopic (exact) mass is 261 g/mol. The molecule has 0 bridgehead atoms. The molecule has 0 atom stereocenters. The summed E-state index contributed by atoms with van der Waals surface area (Å²) in [6, 6.07) is 3.46. The fourth-order valence-corrected chi connectivity index (χ4v) is 2.31. The van der Waals surface area contributed by atoms with Gasteiger partial charge in [-0.2, -0.15) is 0 Å². The molecule has 2 rings (SSSR count). The SMILES string of the molecule is Cc1ccc2c(C=O)cn(CCCO)c2c1C(=O)O. The predicted molar refractivity (Wildman–Crippen MR) is 70.7 cm³/mol. The summed E-state index contributed by atoms with van der Waals surface area (Å²) in [6.07, 6.45) is 2.87. The molecule has 19 heavy (non-hydrogen) atoms. The molecule has 0 amide bonds. The van der Waals surface area contributed by atoms with Crippen LogP contribution in [-0.2, 0) is 6.54 Å². The average molecular weight is 261 g/mol. The number of hydrogen-bond acceptors (Lipinski definition) is 3. The fraction of sp³-hybridized carbons (Fsp3) is 0.286. The Kier molecular flexibility index (Phi) is 3.66. The number of carboxylic acids is 1. The second-order valence-electron chi connectivity index (χ2n) is 4.43. The molecule has 0 radical (unpaired) electrons. The molecule has 5 heteroatoms. The summed E-state index contributed by atoms with van der Waals surface area (Å²) >= 11 is 0. The van der Waals surface area contributed by atoms with E-state index in [4.69, 9.17) is 5.11 Å². The molecule has 0 unspecified atom stereocenters. The number of aliphatic hydroxyl groups is 1. The van der Waals surface area contributed by atoms with Crippen molar-refractivity contribution in [2.24, 2.45) is 0 Å². The van der Waals surface area contributed by atoms with Crippen molar-refractivity contribution in [3.05, 3.63) is 35.0 Å². The van der Waals surface area contributed by atoms with Gasteiger partial charge in [-0.15, -0.1) is 0 Å². The summed E-state index contributed by atoms with van der Waals surface area (Å²) in [6.45, 7) is 2.22. The van der Waals surface area contributed by atoms with Gasteiger partial charge < -0.3 is 14.8 Å². The molecule has 1 heterocycles. The van der Waals surface area contributed by atoms with Crippen LogP contribution in [-0.4, -0.2) is 33.6 Å². The van der Waals surface area contributed by atoms with E-state index in [1.807, 2.05) is 0 Å². The number of carbonyl (C=O) groups is 2. The van der Waals surface area contributed by atoms with E-state index in [1.165, 1.54) is 0 Å². The van der Waals surface area contributed by atoms with Crippen LogP contribution in [0.4, 0.5) is 0 Å². The van der Waals surface area contributed by atoms with Crippen LogP contribution in [0.2, 0.25) is 0 Å². The number of aldehydes is 1. The first-order valence-corrected chi connectivity index (χ1v) is 6.02. The maximum absolute atomic E-state index is 11.4. The molecule has 2 N–H and O–H groups in total. The molecule has 0 aliphatic rings. The fourth-order valence-electron chi connectivity index (χ4n) is 2.31. The zero-order chi connectivity index (χ0) is 14.0. The van der Waals surface area contributed by atoms with Gasteiger partial charge >= 0.3 is 5.97 Å². The molecule has 0 aliphatic heterocycles. The van der Waals surface area contributed by atoms with Crippen LogP contribution in [0.3, 0.4) is 0 Å². The largest absolute Gasteiger partial charge is 0.478 e. The van der Waals surface area contributed by atoms with Crippen molar-refractivity contribution in [1.82, 2.24) is 4.57 Å². The number of carbonyl (C=O) groups excluding carboxylic acids is 1. The number of aromatic nitrogens is 1. The average Bonchev–Trinajstić information content (AvgIpc) is 2.73. The van der Waals surface area contributed by atoms with E-state index in [0.29, 0.717) is 35.0 Å². The molecule has 0 spiro atoms. The summed E-state index contributed by atoms with van der Waals surface area (Å²) in [5.74, 6) is -1.01. The Bertz CT molecular complexity index is 642. The third kappa shape index (κ3) is 2.24. The highest BCUT2D eigenvalue weighted by atomic mass is 16.4. The van der Waals surface area contributed by atoms with Crippen molar-refractivity contribution in [1.29, 1.82) is 0 Å². The van der Waals surface area contributed by atoms with Gasteiger partial charge in [-0.25, -0.2) is 4.79 Å². The first kappa shape index (κ1) is 13.3. The molecular formula is C14H15NO4. The van der Waals surface area contributed by atoms with Crippen molar-refractivity contribution >= 4 is 23.2 Å². The molecule has 0 saturated carbocycles. The summed E-state index contributed by atoms with van der Waals surface area (Å²) in [5, 5.41) is 18.9. The van der Waals surface area contributed by atoms with E-state index < -0.39 is 5.97 Å². The highest BCUT2D eigenvalue weighted by molar-refractivity contribution is 6.08. The molecule has 0 fully saturated rings. The summed E-state index contributed by atoms with van der Waals surface area (Å²) in [4.78, 5) is 22.5. The smallest absolute Gasteiger partial charge is 0.338 e. The Labute approximate surface area is 110 Å². The number of aryl methyl sites for hydroxylation is 2. The molecule has 5 nitrogen and oxygen atoms in total. The first-order chi connectivity index (χ1) is 9.10. The van der Waals surface area contributed by atoms with Crippen molar-refractivity contribution in [2.75, 3.05) is 6.61 Å². The molecule has 1 aromatic carbocycles. The zero-order valence-electron chi connectivity index (χ0n) is 10.6. The maximum Gasteiger partial charge on any atom is 0.338 e. The van der Waals surface area contributed by atoms with Gasteiger partial charge in [-0.1, -0.05) is 12.1 Å². The second kappa shape index (κ2) is 5.24. The minimum atomic E-state index is -1.01. The lowest BCUT2D eigenvalue weighted by Crippen LogP contribution is -2.06. The topological polar surface area (TPSA) is 79.5 Å². The van der Waals surface area contributed by atoms with Crippen molar-refractivity contribution in [3.8, 4) is 0 Å². The van der Waals surface area contributed by atoms with Crippen molar-refractivity contribution < 1.29 is 19.8 Å². The van der Waals surface area contributed by atoms with Gasteiger partial charge in [0.25, 0.3) is 0 Å². The summed E-state index contributed by atoms with van der Waals surface area (Å²) in [5.41, 5.74) is 1.88. The second-order valence-corrected chi connectivity index (χ2v) is 4.43. The van der Waals surface area contributed by atoms with Crippen LogP contribution < -0.4 is 0 Å². The Balaban J connectivity index is 2.77. The highest BCUT2D eigenvalue weighted by Crippen LogP contribution is 2.27. The minimum Gasteiger partial charge on any atom is -0.478 e. The van der Waals surface area contributed by atoms with E-state index in [1.54, 1.807) is 29.8 Å². The Morgan fingerprint density at radius 1 is 1.42 bits per heavy atom. The Hall–Kier alpha value is -2.14. The number of hydrogen-bond donors (Lipinski definition) is 2. The standard InChI is InChI=1S/C14H15NO4/c1-9-3-4-11-10(8-17)7-15(5-2-6-16)13(11)12(9)14(18)19/h3-4,7-8,16H,2,5-6H2,1H3,(H,18,19). The van der Waals surface area contributed by atoms with Gasteiger partial charge in [0.05, 0.1) is 11.1 Å². The predicted octanol–water partition coefficient (Wildman–Crippen LogP) is 1.84. The van der Waals surface area contributed by atoms with E-state index in [0.717, 1.165) is 6.29 Å². The third-order valence-corrected chi connectivity index (χ3v) is 3.18. The number of fused-ring (bicyclic) bond motifs is 1. The number of nitrogens with zero attached hydrogens (tertiary/aromatic N) is 1. The van der Waals surface area contributed by atoms with Crippen LogP contribution >= 0.6 is 0 Å². The number of aliphatic hydroxyl groups excluding tert-OH is 1. The first-order valence-electron chi connectivity index (χ1n) is 6.02. The third-order valence-electron chi connectivity index (χ3n) is 3.18. The van der Waals surface area contributed by atoms with E-state index >= 15 is 0 Å². The lowest BCUT2D eigenvalue weighted by Gasteiger charge is -2.08. The highest BCUT2D eigenvalue weighted by Gasteiger charge is 2.18. The molecule has 100 valence electrons. The Morgan fingerprint density at radius 3 is 2.74 bits per heavy atom. The van der Waals surface area contributed by atoms with E-state index in [2.05, 4.69) is 0 Å². The number of aromatic carboxylic acids is 1. The van der Waals surface area contributed by atoms with Gasteiger partial charge in [-0.3, -0.25) is 4.79 Å². The van der Waals surface area contributed by atoms with Gasteiger partial charge in [0, 0.05) is 30.3 Å². The van der Waals surface area contributed by atoms with Crippen LogP contribution in [0.1, 0.15) is 32.7 Å². The molecule has 1 aromatic heterocycles. The normalized spacial score (nSPS) is 10.8. The molecule has 2 aromatic rings. The quantitative estimate of drug-likeness (QED) is 0.805. The van der Waals surface area contributed by atoms with Crippen LogP contribution in [0.25, 0.3) is 10.9 Å². The van der Waals surface area contributed by atoms with Gasteiger partial charge in [0.15, 0.2) is 6.29 Å². The molecule has 0 aliphatic carbocycles. The van der Waals surface area contributed by atoms with Crippen molar-refractivity contribution in [3.63, 3.8) is 0 Å². The van der Waals surface area contributed by atoms with E-state index in [-0.39, 0.29) is 12.2 Å². The minimum absolute atomic E-state index is 0.0182. The number of carboxylic acid groups (broad SMARTS) is 1. The van der Waals surface area contributed by atoms with E-state index in [9.17, 15) is 14.7 Å². The van der Waals surface area contributed by atoms with Crippen LogP contribution in [0.15, 0.2) is 18.3 Å². The lowest BCUT2D eigenvalue weighted by atomic mass is 10.0. The van der Waals surface area contributed by atoms with Gasteiger partial charge in [0.1, 0.15) is 0 Å². The van der Waals surface area contributed by atoms with Crippen molar-refractivity contribution in [2.45, 2.75) is 19.9 Å². The van der Waals surface area contributed by atoms with Gasteiger partial charge in [-0.05, 0) is 18.9 Å². The number of benzene rings is 1. The summed E-state index contributed by atoms with van der Waals surface area (Å²) < 4.78 is 1.73. The Morgan fingerprint density at radius 2 is 2.16 bits per heavy atom. The number of rotatable bonds is 5. The zero-order valence-corrected chi connectivity index (χ0v) is 10.6. The molecule has 0 saturated heterocycles. The maximum atomic E-state index is 11.4. The van der Waals surface area contributed by atoms with Gasteiger partial charge in [0.2, 0.25) is 0 Å². The van der Waals surface area contributed by atoms with Crippen LogP contribution in [0.5, 0.6) is 0 Å². The lowest BCUT2D eigenvalue weighted by molar-refractivity contribution is 0.0697. The van der Waals surface area contributed by atoms with Crippen LogP contribution in [0, 0.1) is 6.92 Å². The summed E-state index contributed by atoms with van der Waals surface area (Å²) in [7, 11) is 0. The molecular weight excluding hydrogens is 246 g/mol.